The molecule has 0 saturated carbocycles. The second kappa shape index (κ2) is 6.30. The molecule has 3 nitrogen and oxygen atoms in total. The summed E-state index contributed by atoms with van der Waals surface area (Å²) in [4.78, 5) is 10.9. The summed E-state index contributed by atoms with van der Waals surface area (Å²) in [7, 11) is 0. The van der Waals surface area contributed by atoms with E-state index in [4.69, 9.17) is 11.5 Å². The average molecular weight is 218 g/mol. The minimum Gasteiger partial charge on any atom is -0.368 e. The zero-order valence-corrected chi connectivity index (χ0v) is 10.2. The quantitative estimate of drug-likeness (QED) is 0.636. The van der Waals surface area contributed by atoms with Crippen LogP contribution in [0.25, 0.3) is 0 Å². The molecule has 0 aliphatic rings. The summed E-state index contributed by atoms with van der Waals surface area (Å²) >= 11 is 1.93. The summed E-state index contributed by atoms with van der Waals surface area (Å²) in [6.45, 7) is 6.06. The van der Waals surface area contributed by atoms with Crippen molar-refractivity contribution in [3.8, 4) is 0 Å². The Balaban J connectivity index is 3.49. The van der Waals surface area contributed by atoms with Gasteiger partial charge >= 0.3 is 0 Å². The van der Waals surface area contributed by atoms with Gasteiger partial charge in [-0.05, 0) is 30.8 Å². The molecule has 1 unspecified atom stereocenters. The molecule has 0 rings (SSSR count). The number of nitrogens with two attached hydrogens (primary N) is 2. The van der Waals surface area contributed by atoms with Crippen molar-refractivity contribution in [2.24, 2.45) is 11.5 Å². The van der Waals surface area contributed by atoms with Gasteiger partial charge in [0.2, 0.25) is 5.91 Å². The molecule has 0 fully saturated rings. The number of unbranched alkanes of at least 4 members (excludes halogenated alkanes) is 1. The van der Waals surface area contributed by atoms with Crippen LogP contribution in [0.1, 0.15) is 40.0 Å². The topological polar surface area (TPSA) is 69.1 Å². The Morgan fingerprint density at radius 2 is 2.00 bits per heavy atom. The molecule has 1 atom stereocenters. The number of hydrogen-bond donors (Lipinski definition) is 2. The lowest BCUT2D eigenvalue weighted by molar-refractivity contribution is -0.122. The highest BCUT2D eigenvalue weighted by atomic mass is 32.2. The molecule has 0 aliphatic heterocycles. The van der Waals surface area contributed by atoms with Gasteiger partial charge in [0.25, 0.3) is 0 Å². The van der Waals surface area contributed by atoms with Gasteiger partial charge in [-0.25, -0.2) is 0 Å². The lowest BCUT2D eigenvalue weighted by Gasteiger charge is -2.19. The Morgan fingerprint density at radius 3 is 2.43 bits per heavy atom. The number of rotatable bonds is 7. The first-order valence-corrected chi connectivity index (χ1v) is 6.11. The predicted molar refractivity (Wildman–Crippen MR) is 63.2 cm³/mol. The fraction of sp³-hybridized carbons (Fsp3) is 0.900. The number of primary amides is 1. The Labute approximate surface area is 91.0 Å². The smallest absolute Gasteiger partial charge is 0.237 e. The van der Waals surface area contributed by atoms with Crippen LogP contribution in [0.15, 0.2) is 0 Å². The summed E-state index contributed by atoms with van der Waals surface area (Å²) in [5.41, 5.74) is 10.1. The number of hydrogen-bond acceptors (Lipinski definition) is 3. The molecule has 0 radical (unpaired) electrons. The highest BCUT2D eigenvalue weighted by molar-refractivity contribution is 7.99. The lowest BCUT2D eigenvalue weighted by atomic mass is 9.96. The van der Waals surface area contributed by atoms with Gasteiger partial charge in [0.15, 0.2) is 0 Å². The van der Waals surface area contributed by atoms with Crippen LogP contribution >= 0.6 is 11.8 Å². The van der Waals surface area contributed by atoms with E-state index < -0.39 is 11.4 Å². The van der Waals surface area contributed by atoms with Crippen molar-refractivity contribution >= 4 is 17.7 Å². The zero-order chi connectivity index (χ0) is 11.2. The summed E-state index contributed by atoms with van der Waals surface area (Å²) in [5.74, 6) is 0.723. The first kappa shape index (κ1) is 13.8. The standard InChI is InChI=1S/C10H22N2OS/c1-8(2)14-7-5-4-6-10(3,12)9(11)13/h8H,4-7,12H2,1-3H3,(H2,11,13). The molecule has 4 N–H and O–H groups in total. The summed E-state index contributed by atoms with van der Waals surface area (Å²) in [5, 5.41) is 0.676. The van der Waals surface area contributed by atoms with E-state index in [-0.39, 0.29) is 0 Å². The van der Waals surface area contributed by atoms with Gasteiger partial charge < -0.3 is 11.5 Å². The van der Waals surface area contributed by atoms with Crippen molar-refractivity contribution in [1.82, 2.24) is 0 Å². The van der Waals surface area contributed by atoms with Gasteiger partial charge in [0.05, 0.1) is 5.54 Å². The first-order chi connectivity index (χ1) is 6.36. The molecular formula is C10H22N2OS. The molecular weight excluding hydrogens is 196 g/mol. The van der Waals surface area contributed by atoms with Crippen LogP contribution in [0.4, 0.5) is 0 Å². The summed E-state index contributed by atoms with van der Waals surface area (Å²) < 4.78 is 0. The predicted octanol–water partition coefficient (Wildman–Crippen LogP) is 1.50. The van der Waals surface area contributed by atoms with E-state index in [0.717, 1.165) is 18.6 Å². The van der Waals surface area contributed by atoms with Crippen LogP contribution in [0, 0.1) is 0 Å². The van der Waals surface area contributed by atoms with Gasteiger partial charge in [-0.1, -0.05) is 20.3 Å². The summed E-state index contributed by atoms with van der Waals surface area (Å²) in [6.07, 6.45) is 2.75. The van der Waals surface area contributed by atoms with E-state index in [0.29, 0.717) is 11.7 Å². The van der Waals surface area contributed by atoms with Crippen molar-refractivity contribution in [1.29, 1.82) is 0 Å². The Bertz CT molecular complexity index is 181. The van der Waals surface area contributed by atoms with E-state index in [1.807, 2.05) is 11.8 Å². The number of amides is 1. The third-order valence-electron chi connectivity index (χ3n) is 2.10. The second-order valence-corrected chi connectivity index (χ2v) is 5.84. The minimum absolute atomic E-state index is 0.408. The maximum absolute atomic E-state index is 10.9. The maximum Gasteiger partial charge on any atom is 0.237 e. The van der Waals surface area contributed by atoms with Crippen LogP contribution < -0.4 is 11.5 Å². The highest BCUT2D eigenvalue weighted by Crippen LogP contribution is 2.15. The fourth-order valence-electron chi connectivity index (χ4n) is 1.04. The molecule has 0 aromatic carbocycles. The number of carbonyl (C=O) groups excluding carboxylic acids is 1. The average Bonchev–Trinajstić information content (AvgIpc) is 2.02. The molecule has 14 heavy (non-hydrogen) atoms. The second-order valence-electron chi connectivity index (χ2n) is 4.16. The van der Waals surface area contributed by atoms with Crippen LogP contribution in [0.2, 0.25) is 0 Å². The third-order valence-corrected chi connectivity index (χ3v) is 3.30. The fourth-order valence-corrected chi connectivity index (χ4v) is 1.88. The molecule has 1 amide bonds. The van der Waals surface area contributed by atoms with Gasteiger partial charge in [0.1, 0.15) is 0 Å². The third kappa shape index (κ3) is 6.27. The Hall–Kier alpha value is -0.220. The van der Waals surface area contributed by atoms with Crippen molar-refractivity contribution in [3.63, 3.8) is 0 Å². The molecule has 0 aromatic heterocycles. The normalized spacial score (nSPS) is 15.5. The van der Waals surface area contributed by atoms with Crippen molar-refractivity contribution in [2.45, 2.75) is 50.8 Å². The van der Waals surface area contributed by atoms with E-state index in [1.165, 1.54) is 0 Å². The maximum atomic E-state index is 10.9. The zero-order valence-electron chi connectivity index (χ0n) is 9.38. The van der Waals surface area contributed by atoms with Crippen molar-refractivity contribution < 1.29 is 4.79 Å². The van der Waals surface area contributed by atoms with Gasteiger partial charge in [-0.3, -0.25) is 4.79 Å². The van der Waals surface area contributed by atoms with Gasteiger partial charge in [-0.2, -0.15) is 11.8 Å². The molecule has 0 aromatic rings. The van der Waals surface area contributed by atoms with E-state index >= 15 is 0 Å². The monoisotopic (exact) mass is 218 g/mol. The van der Waals surface area contributed by atoms with Gasteiger partial charge in [0, 0.05) is 0 Å². The molecule has 0 bridgehead atoms. The first-order valence-electron chi connectivity index (χ1n) is 5.06. The van der Waals surface area contributed by atoms with Crippen molar-refractivity contribution in [3.05, 3.63) is 0 Å². The minimum atomic E-state index is -0.831. The molecule has 84 valence electrons. The van der Waals surface area contributed by atoms with Crippen LogP contribution in [-0.2, 0) is 4.79 Å². The molecule has 0 spiro atoms. The van der Waals surface area contributed by atoms with Crippen LogP contribution in [-0.4, -0.2) is 22.4 Å². The Kier molecular flexibility index (Phi) is 6.20. The van der Waals surface area contributed by atoms with E-state index in [2.05, 4.69) is 13.8 Å². The van der Waals surface area contributed by atoms with E-state index in [9.17, 15) is 4.79 Å². The molecule has 4 heteroatoms. The largest absolute Gasteiger partial charge is 0.368 e. The molecule has 0 saturated heterocycles. The lowest BCUT2D eigenvalue weighted by Crippen LogP contribution is -2.49. The van der Waals surface area contributed by atoms with Crippen LogP contribution in [0.5, 0.6) is 0 Å². The van der Waals surface area contributed by atoms with Crippen LogP contribution in [0.3, 0.4) is 0 Å². The SMILES string of the molecule is CC(C)SCCCCC(C)(N)C(N)=O. The van der Waals surface area contributed by atoms with Gasteiger partial charge in [-0.15, -0.1) is 0 Å². The summed E-state index contributed by atoms with van der Waals surface area (Å²) in [6, 6.07) is 0. The van der Waals surface area contributed by atoms with Crippen molar-refractivity contribution in [2.75, 3.05) is 5.75 Å². The highest BCUT2D eigenvalue weighted by Gasteiger charge is 2.24. The molecule has 0 aliphatic carbocycles. The molecule has 0 heterocycles. The Morgan fingerprint density at radius 1 is 1.43 bits per heavy atom. The number of thioether (sulfide) groups is 1. The van der Waals surface area contributed by atoms with E-state index in [1.54, 1.807) is 6.92 Å². The number of carbonyl (C=O) groups is 1.